The molecule has 1 fully saturated rings. The minimum atomic E-state index is 0.103. The maximum atomic E-state index is 8.55. The van der Waals surface area contributed by atoms with Crippen molar-refractivity contribution in [3.05, 3.63) is 29.8 Å². The summed E-state index contributed by atoms with van der Waals surface area (Å²) in [6.45, 7) is 2.37. The predicted molar refractivity (Wildman–Crippen MR) is 68.0 cm³/mol. The molecule has 0 bridgehead atoms. The molecule has 1 aliphatic heterocycles. The minimum Gasteiger partial charge on any atom is -0.493 e. The number of nitrogens with two attached hydrogens (primary N) is 1. The van der Waals surface area contributed by atoms with Crippen molar-refractivity contribution in [2.75, 3.05) is 19.8 Å². The second kappa shape index (κ2) is 6.26. The van der Waals surface area contributed by atoms with Gasteiger partial charge in [-0.3, -0.25) is 0 Å². The van der Waals surface area contributed by atoms with E-state index in [1.807, 2.05) is 12.1 Å². The van der Waals surface area contributed by atoms with Gasteiger partial charge in [0.2, 0.25) is 0 Å². The lowest BCUT2D eigenvalue weighted by atomic mass is 10.0. The molecule has 0 amide bonds. The number of hydrogen-bond acceptors (Lipinski definition) is 4. The SMILES string of the molecule is NC(=NO)c1ccc(OCC2CCOCC2)cc1. The van der Waals surface area contributed by atoms with E-state index in [9.17, 15) is 0 Å². The number of amidine groups is 1. The molecular weight excluding hydrogens is 232 g/mol. The molecule has 3 N–H and O–H groups in total. The second-order valence-electron chi connectivity index (χ2n) is 4.38. The van der Waals surface area contributed by atoms with Gasteiger partial charge in [-0.25, -0.2) is 0 Å². The fourth-order valence-corrected chi connectivity index (χ4v) is 1.91. The van der Waals surface area contributed by atoms with E-state index < -0.39 is 0 Å². The standard InChI is InChI=1S/C13H18N2O3/c14-13(15-16)11-1-3-12(4-2-11)18-9-10-5-7-17-8-6-10/h1-4,10,16H,5-9H2,(H2,14,15). The summed E-state index contributed by atoms with van der Waals surface area (Å²) in [6.07, 6.45) is 2.12. The van der Waals surface area contributed by atoms with Gasteiger partial charge in [-0.05, 0) is 43.0 Å². The topological polar surface area (TPSA) is 77.1 Å². The van der Waals surface area contributed by atoms with Gasteiger partial charge in [0, 0.05) is 18.8 Å². The Morgan fingerprint density at radius 2 is 2.00 bits per heavy atom. The molecule has 1 saturated heterocycles. The summed E-state index contributed by atoms with van der Waals surface area (Å²) in [6, 6.07) is 7.20. The largest absolute Gasteiger partial charge is 0.493 e. The van der Waals surface area contributed by atoms with Gasteiger partial charge in [-0.1, -0.05) is 5.16 Å². The summed E-state index contributed by atoms with van der Waals surface area (Å²) >= 11 is 0. The quantitative estimate of drug-likeness (QED) is 0.368. The van der Waals surface area contributed by atoms with Gasteiger partial charge in [0.1, 0.15) is 5.75 Å². The highest BCUT2D eigenvalue weighted by Crippen LogP contribution is 2.18. The molecule has 1 aliphatic rings. The van der Waals surface area contributed by atoms with Crippen LogP contribution >= 0.6 is 0 Å². The molecule has 98 valence electrons. The van der Waals surface area contributed by atoms with Crippen LogP contribution in [-0.4, -0.2) is 30.9 Å². The Morgan fingerprint density at radius 3 is 2.61 bits per heavy atom. The van der Waals surface area contributed by atoms with E-state index in [1.165, 1.54) is 0 Å². The van der Waals surface area contributed by atoms with Gasteiger partial charge in [-0.2, -0.15) is 0 Å². The molecule has 0 atom stereocenters. The molecule has 18 heavy (non-hydrogen) atoms. The van der Waals surface area contributed by atoms with Crippen LogP contribution in [0.25, 0.3) is 0 Å². The number of ether oxygens (including phenoxy) is 2. The number of rotatable bonds is 4. The van der Waals surface area contributed by atoms with Crippen molar-refractivity contribution in [1.82, 2.24) is 0 Å². The molecule has 1 aromatic rings. The van der Waals surface area contributed by atoms with E-state index in [-0.39, 0.29) is 5.84 Å². The first-order valence-corrected chi connectivity index (χ1v) is 6.08. The highest BCUT2D eigenvalue weighted by atomic mass is 16.5. The fourth-order valence-electron chi connectivity index (χ4n) is 1.91. The summed E-state index contributed by atoms with van der Waals surface area (Å²) in [5.74, 6) is 1.48. The Kier molecular flexibility index (Phi) is 4.41. The Bertz CT molecular complexity index is 397. The molecule has 0 unspecified atom stereocenters. The Hall–Kier alpha value is -1.75. The van der Waals surface area contributed by atoms with E-state index in [0.717, 1.165) is 31.8 Å². The maximum Gasteiger partial charge on any atom is 0.170 e. The highest BCUT2D eigenvalue weighted by molar-refractivity contribution is 5.97. The van der Waals surface area contributed by atoms with E-state index in [4.69, 9.17) is 20.4 Å². The third-order valence-corrected chi connectivity index (χ3v) is 3.08. The summed E-state index contributed by atoms with van der Waals surface area (Å²) in [5.41, 5.74) is 6.16. The van der Waals surface area contributed by atoms with Gasteiger partial charge in [-0.15, -0.1) is 0 Å². The van der Waals surface area contributed by atoms with E-state index in [0.29, 0.717) is 18.1 Å². The molecule has 0 aliphatic carbocycles. The minimum absolute atomic E-state index is 0.103. The lowest BCUT2D eigenvalue weighted by molar-refractivity contribution is 0.0497. The number of nitrogens with zero attached hydrogens (tertiary/aromatic N) is 1. The van der Waals surface area contributed by atoms with Crippen LogP contribution in [0.4, 0.5) is 0 Å². The molecular formula is C13H18N2O3. The van der Waals surface area contributed by atoms with Crippen LogP contribution in [0.2, 0.25) is 0 Å². The summed E-state index contributed by atoms with van der Waals surface area (Å²) in [4.78, 5) is 0. The van der Waals surface area contributed by atoms with Crippen molar-refractivity contribution in [2.45, 2.75) is 12.8 Å². The zero-order valence-electron chi connectivity index (χ0n) is 10.2. The van der Waals surface area contributed by atoms with Crippen LogP contribution in [0.1, 0.15) is 18.4 Å². The first-order valence-electron chi connectivity index (χ1n) is 6.08. The predicted octanol–water partition coefficient (Wildman–Crippen LogP) is 1.59. The Balaban J connectivity index is 1.86. The molecule has 1 heterocycles. The zero-order chi connectivity index (χ0) is 12.8. The lowest BCUT2D eigenvalue weighted by Gasteiger charge is -2.22. The summed E-state index contributed by atoms with van der Waals surface area (Å²) in [5, 5.41) is 11.5. The Morgan fingerprint density at radius 1 is 1.33 bits per heavy atom. The second-order valence-corrected chi connectivity index (χ2v) is 4.38. The molecule has 0 saturated carbocycles. The summed E-state index contributed by atoms with van der Waals surface area (Å²) < 4.78 is 11.0. The third-order valence-electron chi connectivity index (χ3n) is 3.08. The molecule has 5 nitrogen and oxygen atoms in total. The number of oxime groups is 1. The van der Waals surface area contributed by atoms with Crippen molar-refractivity contribution >= 4 is 5.84 Å². The smallest absolute Gasteiger partial charge is 0.170 e. The van der Waals surface area contributed by atoms with Crippen LogP contribution in [0, 0.1) is 5.92 Å². The highest BCUT2D eigenvalue weighted by Gasteiger charge is 2.14. The fraction of sp³-hybridized carbons (Fsp3) is 0.462. The van der Waals surface area contributed by atoms with Crippen LogP contribution in [0.3, 0.4) is 0 Å². The zero-order valence-corrected chi connectivity index (χ0v) is 10.2. The lowest BCUT2D eigenvalue weighted by Crippen LogP contribution is -2.21. The molecule has 0 spiro atoms. The van der Waals surface area contributed by atoms with E-state index in [2.05, 4.69) is 5.16 Å². The summed E-state index contributed by atoms with van der Waals surface area (Å²) in [7, 11) is 0. The van der Waals surface area contributed by atoms with Gasteiger partial charge in [0.05, 0.1) is 6.61 Å². The van der Waals surface area contributed by atoms with Crippen LogP contribution in [-0.2, 0) is 4.74 Å². The van der Waals surface area contributed by atoms with Crippen LogP contribution in [0.15, 0.2) is 29.4 Å². The van der Waals surface area contributed by atoms with Gasteiger partial charge in [0.25, 0.3) is 0 Å². The average Bonchev–Trinajstić information content (AvgIpc) is 2.46. The Labute approximate surface area is 106 Å². The number of benzene rings is 1. The molecule has 0 aromatic heterocycles. The van der Waals surface area contributed by atoms with E-state index in [1.54, 1.807) is 12.1 Å². The first-order chi connectivity index (χ1) is 8.79. The molecule has 0 radical (unpaired) electrons. The van der Waals surface area contributed by atoms with Crippen LogP contribution < -0.4 is 10.5 Å². The van der Waals surface area contributed by atoms with Gasteiger partial charge >= 0.3 is 0 Å². The van der Waals surface area contributed by atoms with E-state index >= 15 is 0 Å². The van der Waals surface area contributed by atoms with Crippen molar-refractivity contribution in [1.29, 1.82) is 0 Å². The monoisotopic (exact) mass is 250 g/mol. The third kappa shape index (κ3) is 3.37. The molecule has 1 aromatic carbocycles. The van der Waals surface area contributed by atoms with Crippen LogP contribution in [0.5, 0.6) is 5.75 Å². The first kappa shape index (κ1) is 12.7. The van der Waals surface area contributed by atoms with Crippen molar-refractivity contribution in [2.24, 2.45) is 16.8 Å². The van der Waals surface area contributed by atoms with Crippen molar-refractivity contribution in [3.63, 3.8) is 0 Å². The van der Waals surface area contributed by atoms with Gasteiger partial charge in [0.15, 0.2) is 5.84 Å². The van der Waals surface area contributed by atoms with Crippen molar-refractivity contribution < 1.29 is 14.7 Å². The van der Waals surface area contributed by atoms with Crippen molar-refractivity contribution in [3.8, 4) is 5.75 Å². The van der Waals surface area contributed by atoms with Gasteiger partial charge < -0.3 is 20.4 Å². The molecule has 2 rings (SSSR count). The maximum absolute atomic E-state index is 8.55. The number of hydrogen-bond donors (Lipinski definition) is 2. The normalized spacial score (nSPS) is 17.7. The average molecular weight is 250 g/mol. The molecule has 5 heteroatoms.